The molecule has 0 aliphatic carbocycles. The third kappa shape index (κ3) is 7.67. The van der Waals surface area contributed by atoms with E-state index >= 15 is 0 Å². The van der Waals surface area contributed by atoms with Gasteiger partial charge >= 0.3 is 0 Å². The van der Waals surface area contributed by atoms with Crippen LogP contribution in [0.25, 0.3) is 0 Å². The predicted octanol–water partition coefficient (Wildman–Crippen LogP) is 3.39. The molecule has 1 aromatic rings. The van der Waals surface area contributed by atoms with Crippen molar-refractivity contribution in [2.75, 3.05) is 39.3 Å². The van der Waals surface area contributed by atoms with E-state index in [9.17, 15) is 4.79 Å². The van der Waals surface area contributed by atoms with Crippen LogP contribution in [-0.2, 0) is 11.3 Å². The second kappa shape index (κ2) is 12.9. The number of hydrogen-bond acceptors (Lipinski definition) is 4. The molecular formula is C22H38IN5OS. The molecule has 2 fully saturated rings. The highest BCUT2D eigenvalue weighted by Crippen LogP contribution is 2.20. The van der Waals surface area contributed by atoms with Crippen molar-refractivity contribution in [2.24, 2.45) is 16.8 Å². The SMILES string of the molecule is CCNC(=NCC1CCCN(Cc2cccs2)C1)NC1CCN(C(=O)C(C)C)C1.I. The Morgan fingerprint density at radius 3 is 2.83 bits per heavy atom. The zero-order chi connectivity index (χ0) is 20.6. The smallest absolute Gasteiger partial charge is 0.225 e. The number of carbonyl (C=O) groups excluding carboxylic acids is 1. The molecule has 0 aromatic carbocycles. The summed E-state index contributed by atoms with van der Waals surface area (Å²) in [5.41, 5.74) is 0. The number of aliphatic imine (C=N–C) groups is 1. The highest BCUT2D eigenvalue weighted by atomic mass is 127. The molecule has 0 radical (unpaired) electrons. The van der Waals surface area contributed by atoms with E-state index in [1.807, 2.05) is 30.1 Å². The lowest BCUT2D eigenvalue weighted by atomic mass is 9.98. The normalized spacial score (nSPS) is 22.8. The molecular weight excluding hydrogens is 509 g/mol. The Morgan fingerprint density at radius 2 is 2.13 bits per heavy atom. The summed E-state index contributed by atoms with van der Waals surface area (Å²) in [5.74, 6) is 1.83. The van der Waals surface area contributed by atoms with Crippen LogP contribution in [0.2, 0.25) is 0 Å². The molecule has 2 aliphatic rings. The zero-order valence-electron chi connectivity index (χ0n) is 18.6. The summed E-state index contributed by atoms with van der Waals surface area (Å²) in [6.45, 7) is 12.8. The van der Waals surface area contributed by atoms with Crippen LogP contribution >= 0.6 is 35.3 Å². The lowest BCUT2D eigenvalue weighted by Crippen LogP contribution is -2.45. The van der Waals surface area contributed by atoms with Gasteiger partial charge < -0.3 is 15.5 Å². The molecule has 2 saturated heterocycles. The van der Waals surface area contributed by atoms with Crippen LogP contribution < -0.4 is 10.6 Å². The number of carbonyl (C=O) groups is 1. The van der Waals surface area contributed by atoms with Crippen LogP contribution in [-0.4, -0.2) is 67.0 Å². The molecule has 3 rings (SSSR count). The summed E-state index contributed by atoms with van der Waals surface area (Å²) in [6.07, 6.45) is 3.50. The van der Waals surface area contributed by atoms with Crippen molar-refractivity contribution in [2.45, 2.75) is 52.6 Å². The minimum Gasteiger partial charge on any atom is -0.357 e. The van der Waals surface area contributed by atoms with Gasteiger partial charge in [-0.05, 0) is 50.1 Å². The van der Waals surface area contributed by atoms with Crippen LogP contribution in [0.3, 0.4) is 0 Å². The number of amides is 1. The number of halogens is 1. The highest BCUT2D eigenvalue weighted by molar-refractivity contribution is 14.0. The first-order valence-corrected chi connectivity index (χ1v) is 12.0. The minimum atomic E-state index is 0. The molecule has 2 unspecified atom stereocenters. The molecule has 0 spiro atoms. The van der Waals surface area contributed by atoms with Gasteiger partial charge in [0.15, 0.2) is 5.96 Å². The van der Waals surface area contributed by atoms with E-state index in [0.29, 0.717) is 5.92 Å². The minimum absolute atomic E-state index is 0. The third-order valence-corrected chi connectivity index (χ3v) is 6.61. The van der Waals surface area contributed by atoms with Gasteiger partial charge in [0.2, 0.25) is 5.91 Å². The molecule has 30 heavy (non-hydrogen) atoms. The van der Waals surface area contributed by atoms with Crippen molar-refractivity contribution in [3.63, 3.8) is 0 Å². The topological polar surface area (TPSA) is 60.0 Å². The number of rotatable bonds is 7. The van der Waals surface area contributed by atoms with E-state index in [4.69, 9.17) is 4.99 Å². The number of nitrogens with zero attached hydrogens (tertiary/aromatic N) is 3. The van der Waals surface area contributed by atoms with Crippen molar-refractivity contribution < 1.29 is 4.79 Å². The maximum Gasteiger partial charge on any atom is 0.225 e. The third-order valence-electron chi connectivity index (χ3n) is 5.75. The fourth-order valence-corrected chi connectivity index (χ4v) is 4.99. The van der Waals surface area contributed by atoms with Gasteiger partial charge in [-0.15, -0.1) is 35.3 Å². The van der Waals surface area contributed by atoms with Crippen molar-refractivity contribution >= 4 is 47.2 Å². The van der Waals surface area contributed by atoms with Crippen LogP contribution in [0.15, 0.2) is 22.5 Å². The maximum absolute atomic E-state index is 12.2. The lowest BCUT2D eigenvalue weighted by Gasteiger charge is -2.31. The van der Waals surface area contributed by atoms with E-state index in [0.717, 1.165) is 51.6 Å². The second-order valence-electron chi connectivity index (χ2n) is 8.61. The molecule has 8 heteroatoms. The van der Waals surface area contributed by atoms with Gasteiger partial charge in [-0.3, -0.25) is 14.7 Å². The number of nitrogens with one attached hydrogen (secondary N) is 2. The zero-order valence-corrected chi connectivity index (χ0v) is 21.7. The molecule has 2 aliphatic heterocycles. The average Bonchev–Trinajstić information content (AvgIpc) is 3.38. The second-order valence-corrected chi connectivity index (χ2v) is 9.64. The Morgan fingerprint density at radius 1 is 1.30 bits per heavy atom. The van der Waals surface area contributed by atoms with Gasteiger partial charge in [-0.2, -0.15) is 0 Å². The van der Waals surface area contributed by atoms with E-state index in [1.165, 1.54) is 24.3 Å². The van der Waals surface area contributed by atoms with E-state index < -0.39 is 0 Å². The Balaban J connectivity index is 0.00000320. The standard InChI is InChI=1S/C22H37N5OS.HI/c1-4-23-22(25-19-9-11-27(15-19)21(28)17(2)3)24-13-18-7-5-10-26(14-18)16-20-8-6-12-29-20;/h6,8,12,17-19H,4-5,7,9-11,13-16H2,1-3H3,(H2,23,24,25);1H. The van der Waals surface area contributed by atoms with Crippen LogP contribution in [0.1, 0.15) is 44.9 Å². The molecule has 2 N–H and O–H groups in total. The van der Waals surface area contributed by atoms with Gasteiger partial charge in [0.25, 0.3) is 0 Å². The maximum atomic E-state index is 12.2. The fourth-order valence-electron chi connectivity index (χ4n) is 4.24. The Kier molecular flexibility index (Phi) is 10.9. The molecule has 2 atom stereocenters. The summed E-state index contributed by atoms with van der Waals surface area (Å²) in [4.78, 5) is 23.1. The van der Waals surface area contributed by atoms with Gasteiger partial charge in [0.1, 0.15) is 0 Å². The molecule has 170 valence electrons. The van der Waals surface area contributed by atoms with Crippen molar-refractivity contribution in [3.05, 3.63) is 22.4 Å². The monoisotopic (exact) mass is 547 g/mol. The molecule has 3 heterocycles. The van der Waals surface area contributed by atoms with E-state index in [-0.39, 0.29) is 41.8 Å². The largest absolute Gasteiger partial charge is 0.357 e. The van der Waals surface area contributed by atoms with Crippen molar-refractivity contribution in [3.8, 4) is 0 Å². The van der Waals surface area contributed by atoms with Crippen molar-refractivity contribution in [1.82, 2.24) is 20.4 Å². The summed E-state index contributed by atoms with van der Waals surface area (Å²) < 4.78 is 0. The molecule has 0 bridgehead atoms. The number of thiophene rings is 1. The fraction of sp³-hybridized carbons (Fsp3) is 0.727. The van der Waals surface area contributed by atoms with E-state index in [1.54, 1.807) is 0 Å². The Bertz CT molecular complexity index is 666. The van der Waals surface area contributed by atoms with Gasteiger partial charge in [0, 0.05) is 56.1 Å². The predicted molar refractivity (Wildman–Crippen MR) is 137 cm³/mol. The highest BCUT2D eigenvalue weighted by Gasteiger charge is 2.28. The lowest BCUT2D eigenvalue weighted by molar-refractivity contribution is -0.133. The van der Waals surface area contributed by atoms with Crippen LogP contribution in [0.5, 0.6) is 0 Å². The summed E-state index contributed by atoms with van der Waals surface area (Å²) in [6, 6.07) is 4.66. The number of piperidine rings is 1. The number of hydrogen-bond donors (Lipinski definition) is 2. The molecule has 0 saturated carbocycles. The first-order valence-electron chi connectivity index (χ1n) is 11.1. The summed E-state index contributed by atoms with van der Waals surface area (Å²) >= 11 is 1.85. The summed E-state index contributed by atoms with van der Waals surface area (Å²) in [7, 11) is 0. The van der Waals surface area contributed by atoms with Gasteiger partial charge in [-0.1, -0.05) is 19.9 Å². The van der Waals surface area contributed by atoms with E-state index in [2.05, 4.69) is 40.0 Å². The first-order chi connectivity index (χ1) is 14.0. The van der Waals surface area contributed by atoms with Crippen LogP contribution in [0, 0.1) is 11.8 Å². The first kappa shape index (κ1) is 25.4. The van der Waals surface area contributed by atoms with Gasteiger partial charge in [0.05, 0.1) is 0 Å². The Hall–Kier alpha value is -0.870. The molecule has 6 nitrogen and oxygen atoms in total. The van der Waals surface area contributed by atoms with Gasteiger partial charge in [-0.25, -0.2) is 0 Å². The number of likely N-dealkylation sites (tertiary alicyclic amines) is 2. The quantitative estimate of drug-likeness (QED) is 0.312. The van der Waals surface area contributed by atoms with Crippen molar-refractivity contribution in [1.29, 1.82) is 0 Å². The molecule has 1 amide bonds. The molecule has 1 aromatic heterocycles. The van der Waals surface area contributed by atoms with Crippen LogP contribution in [0.4, 0.5) is 0 Å². The Labute approximate surface area is 202 Å². The number of guanidine groups is 1. The summed E-state index contributed by atoms with van der Waals surface area (Å²) in [5, 5.41) is 9.11. The average molecular weight is 548 g/mol.